The molecule has 0 aliphatic carbocycles. The molecule has 1 aliphatic rings. The summed E-state index contributed by atoms with van der Waals surface area (Å²) in [4.78, 5) is 0. The quantitative estimate of drug-likeness (QED) is 0.839. The Balaban J connectivity index is 1.69. The molecule has 3 nitrogen and oxygen atoms in total. The first-order valence-electron chi connectivity index (χ1n) is 6.14. The third-order valence-electron chi connectivity index (χ3n) is 2.91. The van der Waals surface area contributed by atoms with Gasteiger partial charge in [-0.25, -0.2) is 0 Å². The Morgan fingerprint density at radius 2 is 2.17 bits per heavy atom. The van der Waals surface area contributed by atoms with Crippen molar-refractivity contribution >= 4 is 27.5 Å². The second-order valence-corrected chi connectivity index (χ2v) is 5.59. The maximum Gasteiger partial charge on any atom is 0.139 e. The van der Waals surface area contributed by atoms with Gasteiger partial charge < -0.3 is 14.8 Å². The highest BCUT2D eigenvalue weighted by Crippen LogP contribution is 2.27. The molecule has 1 fully saturated rings. The van der Waals surface area contributed by atoms with Gasteiger partial charge in [-0.2, -0.15) is 0 Å². The monoisotopic (exact) mass is 333 g/mol. The fourth-order valence-electron chi connectivity index (χ4n) is 1.91. The van der Waals surface area contributed by atoms with Gasteiger partial charge in [-0.1, -0.05) is 27.5 Å². The van der Waals surface area contributed by atoms with Crippen molar-refractivity contribution in [3.8, 4) is 5.75 Å². The van der Waals surface area contributed by atoms with Gasteiger partial charge in [0, 0.05) is 30.3 Å². The number of benzene rings is 1. The summed E-state index contributed by atoms with van der Waals surface area (Å²) in [6.45, 7) is 3.16. The van der Waals surface area contributed by atoms with E-state index in [9.17, 15) is 0 Å². The SMILES string of the molecule is Clc1ccc(Br)cc1OCCNC1CCOCC1. The Morgan fingerprint density at radius 1 is 1.39 bits per heavy atom. The van der Waals surface area contributed by atoms with Crippen molar-refractivity contribution in [1.29, 1.82) is 0 Å². The highest BCUT2D eigenvalue weighted by molar-refractivity contribution is 9.10. The summed E-state index contributed by atoms with van der Waals surface area (Å²) in [6, 6.07) is 6.17. The molecule has 1 N–H and O–H groups in total. The smallest absolute Gasteiger partial charge is 0.139 e. The van der Waals surface area contributed by atoms with Crippen molar-refractivity contribution in [2.45, 2.75) is 18.9 Å². The van der Waals surface area contributed by atoms with E-state index in [2.05, 4.69) is 21.2 Å². The molecule has 1 heterocycles. The van der Waals surface area contributed by atoms with Gasteiger partial charge in [0.25, 0.3) is 0 Å². The lowest BCUT2D eigenvalue weighted by Gasteiger charge is -2.23. The largest absolute Gasteiger partial charge is 0.491 e. The van der Waals surface area contributed by atoms with Gasteiger partial charge in [-0.05, 0) is 31.0 Å². The zero-order valence-corrected chi connectivity index (χ0v) is 12.5. The van der Waals surface area contributed by atoms with E-state index < -0.39 is 0 Å². The summed E-state index contributed by atoms with van der Waals surface area (Å²) < 4.78 is 11.9. The van der Waals surface area contributed by atoms with E-state index in [0.29, 0.717) is 17.7 Å². The molecule has 0 bridgehead atoms. The van der Waals surface area contributed by atoms with Crippen molar-refractivity contribution in [1.82, 2.24) is 5.32 Å². The molecule has 1 saturated heterocycles. The topological polar surface area (TPSA) is 30.5 Å². The summed E-state index contributed by atoms with van der Waals surface area (Å²) in [5, 5.41) is 4.11. The van der Waals surface area contributed by atoms with Crippen molar-refractivity contribution in [2.75, 3.05) is 26.4 Å². The van der Waals surface area contributed by atoms with Gasteiger partial charge in [0.05, 0.1) is 5.02 Å². The number of rotatable bonds is 5. The minimum absolute atomic E-state index is 0.556. The maximum absolute atomic E-state index is 6.04. The number of nitrogens with one attached hydrogen (secondary N) is 1. The van der Waals surface area contributed by atoms with Crippen LogP contribution in [0.3, 0.4) is 0 Å². The minimum Gasteiger partial charge on any atom is -0.491 e. The summed E-state index contributed by atoms with van der Waals surface area (Å²) in [6.07, 6.45) is 2.16. The van der Waals surface area contributed by atoms with Gasteiger partial charge in [-0.3, -0.25) is 0 Å². The fourth-order valence-corrected chi connectivity index (χ4v) is 2.43. The summed E-state index contributed by atoms with van der Waals surface area (Å²) >= 11 is 9.44. The average Bonchev–Trinajstić information content (AvgIpc) is 2.40. The van der Waals surface area contributed by atoms with Crippen LogP contribution < -0.4 is 10.1 Å². The molecule has 100 valence electrons. The van der Waals surface area contributed by atoms with E-state index in [1.165, 1.54) is 0 Å². The van der Waals surface area contributed by atoms with Crippen molar-refractivity contribution < 1.29 is 9.47 Å². The molecule has 0 unspecified atom stereocenters. The molecule has 0 aromatic heterocycles. The molecule has 18 heavy (non-hydrogen) atoms. The van der Waals surface area contributed by atoms with Crippen LogP contribution in [0.1, 0.15) is 12.8 Å². The first-order valence-corrected chi connectivity index (χ1v) is 7.32. The summed E-state index contributed by atoms with van der Waals surface area (Å²) in [5.41, 5.74) is 0. The molecule has 2 rings (SSSR count). The van der Waals surface area contributed by atoms with Gasteiger partial charge in [0.1, 0.15) is 12.4 Å². The molecule has 0 radical (unpaired) electrons. The van der Waals surface area contributed by atoms with Crippen LogP contribution in [0.25, 0.3) is 0 Å². The van der Waals surface area contributed by atoms with Gasteiger partial charge >= 0.3 is 0 Å². The third-order valence-corrected chi connectivity index (χ3v) is 3.71. The Morgan fingerprint density at radius 3 is 2.94 bits per heavy atom. The van der Waals surface area contributed by atoms with Gasteiger partial charge in [0.15, 0.2) is 0 Å². The number of hydrogen-bond donors (Lipinski definition) is 1. The van der Waals surface area contributed by atoms with Gasteiger partial charge in [-0.15, -0.1) is 0 Å². The highest BCUT2D eigenvalue weighted by Gasteiger charge is 2.12. The van der Waals surface area contributed by atoms with E-state index >= 15 is 0 Å². The first kappa shape index (κ1) is 14.1. The minimum atomic E-state index is 0.556. The lowest BCUT2D eigenvalue weighted by Crippen LogP contribution is -2.37. The predicted octanol–water partition coefficient (Wildman–Crippen LogP) is 3.25. The molecular weight excluding hydrogens is 318 g/mol. The van der Waals surface area contributed by atoms with Crippen LogP contribution in [0.4, 0.5) is 0 Å². The van der Waals surface area contributed by atoms with Crippen LogP contribution in [0.5, 0.6) is 5.75 Å². The van der Waals surface area contributed by atoms with Gasteiger partial charge in [0.2, 0.25) is 0 Å². The lowest BCUT2D eigenvalue weighted by molar-refractivity contribution is 0.0770. The normalized spacial score (nSPS) is 16.8. The zero-order valence-electron chi connectivity index (χ0n) is 10.1. The molecule has 1 aliphatic heterocycles. The van der Waals surface area contributed by atoms with E-state index in [1.807, 2.05) is 18.2 Å². The number of hydrogen-bond acceptors (Lipinski definition) is 3. The van der Waals surface area contributed by atoms with Crippen molar-refractivity contribution in [3.63, 3.8) is 0 Å². The van der Waals surface area contributed by atoms with Crippen molar-refractivity contribution in [3.05, 3.63) is 27.7 Å². The zero-order chi connectivity index (χ0) is 12.8. The Labute approximate surface area is 121 Å². The standard InChI is InChI=1S/C13H17BrClNO2/c14-10-1-2-12(15)13(9-10)18-8-5-16-11-3-6-17-7-4-11/h1-2,9,11,16H,3-8H2. The first-order chi connectivity index (χ1) is 8.75. The predicted molar refractivity (Wildman–Crippen MR) is 76.5 cm³/mol. The van der Waals surface area contributed by atoms with Crippen LogP contribution in [0.2, 0.25) is 5.02 Å². The molecule has 0 saturated carbocycles. The summed E-state index contributed by atoms with van der Waals surface area (Å²) in [7, 11) is 0. The lowest BCUT2D eigenvalue weighted by atomic mass is 10.1. The number of ether oxygens (including phenoxy) is 2. The van der Waals surface area contributed by atoms with Crippen LogP contribution >= 0.6 is 27.5 Å². The molecular formula is C13H17BrClNO2. The summed E-state index contributed by atoms with van der Waals surface area (Å²) in [5.74, 6) is 0.722. The molecule has 5 heteroatoms. The Kier molecular flexibility index (Phi) is 5.76. The third kappa shape index (κ3) is 4.43. The molecule has 0 atom stereocenters. The molecule has 1 aromatic carbocycles. The van der Waals surface area contributed by atoms with Crippen LogP contribution in [0.15, 0.2) is 22.7 Å². The Hall–Kier alpha value is -0.290. The fraction of sp³-hybridized carbons (Fsp3) is 0.538. The van der Waals surface area contributed by atoms with E-state index in [0.717, 1.165) is 42.8 Å². The van der Waals surface area contributed by atoms with E-state index in [1.54, 1.807) is 0 Å². The molecule has 0 amide bonds. The van der Waals surface area contributed by atoms with Crippen LogP contribution in [-0.4, -0.2) is 32.4 Å². The second kappa shape index (κ2) is 7.34. The maximum atomic E-state index is 6.04. The molecule has 0 spiro atoms. The van der Waals surface area contributed by atoms with Crippen LogP contribution in [-0.2, 0) is 4.74 Å². The highest BCUT2D eigenvalue weighted by atomic mass is 79.9. The Bertz CT molecular complexity index is 383. The van der Waals surface area contributed by atoms with E-state index in [-0.39, 0.29) is 0 Å². The average molecular weight is 335 g/mol. The molecule has 1 aromatic rings. The van der Waals surface area contributed by atoms with Crippen molar-refractivity contribution in [2.24, 2.45) is 0 Å². The van der Waals surface area contributed by atoms with E-state index in [4.69, 9.17) is 21.1 Å². The van der Waals surface area contributed by atoms with Crippen LogP contribution in [0, 0.1) is 0 Å². The number of halogens is 2. The second-order valence-electron chi connectivity index (χ2n) is 4.26.